The van der Waals surface area contributed by atoms with Crippen LogP contribution in [-0.2, 0) is 17.8 Å². The van der Waals surface area contributed by atoms with Crippen LogP contribution < -0.4 is 0 Å². The van der Waals surface area contributed by atoms with E-state index in [2.05, 4.69) is 24.0 Å². The first-order valence-corrected chi connectivity index (χ1v) is 6.44. The van der Waals surface area contributed by atoms with Crippen molar-refractivity contribution in [3.8, 4) is 0 Å². The van der Waals surface area contributed by atoms with E-state index in [4.69, 9.17) is 5.11 Å². The summed E-state index contributed by atoms with van der Waals surface area (Å²) in [5.41, 5.74) is 3.63. The molecule has 3 nitrogen and oxygen atoms in total. The van der Waals surface area contributed by atoms with Gasteiger partial charge in [0.1, 0.15) is 0 Å². The summed E-state index contributed by atoms with van der Waals surface area (Å²) < 4.78 is 0. The number of nitrogens with zero attached hydrogens (tertiary/aromatic N) is 1. The molecule has 18 heavy (non-hydrogen) atoms. The molecule has 0 unspecified atom stereocenters. The van der Waals surface area contributed by atoms with E-state index in [1.807, 2.05) is 34.0 Å². The molecule has 0 aliphatic carbocycles. The van der Waals surface area contributed by atoms with Crippen molar-refractivity contribution in [2.24, 2.45) is 0 Å². The summed E-state index contributed by atoms with van der Waals surface area (Å²) in [5.74, 6) is -0.741. The third kappa shape index (κ3) is 6.40. The molecular weight excluding hydrogens is 226 g/mol. The van der Waals surface area contributed by atoms with Gasteiger partial charge in [0.2, 0.25) is 0 Å². The largest absolute Gasteiger partial charge is 0.481 e. The van der Waals surface area contributed by atoms with Crippen molar-refractivity contribution in [3.05, 3.63) is 34.9 Å². The van der Waals surface area contributed by atoms with Crippen molar-refractivity contribution in [2.75, 3.05) is 14.1 Å². The fourth-order valence-electron chi connectivity index (χ4n) is 1.64. The lowest BCUT2D eigenvalue weighted by atomic mass is 10.0. The Morgan fingerprint density at radius 3 is 2.39 bits per heavy atom. The highest BCUT2D eigenvalue weighted by molar-refractivity contribution is 5.67. The molecule has 0 amide bonds. The van der Waals surface area contributed by atoms with Gasteiger partial charge in [0, 0.05) is 13.0 Å². The van der Waals surface area contributed by atoms with Crippen LogP contribution in [0.3, 0.4) is 0 Å². The molecule has 0 aromatic heterocycles. The van der Waals surface area contributed by atoms with Crippen LogP contribution in [0.5, 0.6) is 0 Å². The van der Waals surface area contributed by atoms with Gasteiger partial charge >= 0.3 is 5.97 Å². The predicted molar refractivity (Wildman–Crippen MR) is 75.9 cm³/mol. The molecule has 1 rings (SSSR count). The summed E-state index contributed by atoms with van der Waals surface area (Å²) in [5, 5.41) is 8.64. The minimum Gasteiger partial charge on any atom is -0.481 e. The smallest absolute Gasteiger partial charge is 0.303 e. The Kier molecular flexibility index (Phi) is 8.05. The van der Waals surface area contributed by atoms with E-state index in [0.29, 0.717) is 6.42 Å². The number of rotatable bonds is 5. The SMILES string of the molecule is CC.Cc1ccc(CCC(=O)O)cc1CN(C)C. The van der Waals surface area contributed by atoms with Gasteiger partial charge < -0.3 is 10.0 Å². The maximum Gasteiger partial charge on any atom is 0.303 e. The molecule has 0 radical (unpaired) electrons. The van der Waals surface area contributed by atoms with Crippen molar-refractivity contribution in [2.45, 2.75) is 40.2 Å². The molecule has 0 fully saturated rings. The Morgan fingerprint density at radius 1 is 1.28 bits per heavy atom. The molecule has 0 saturated carbocycles. The van der Waals surface area contributed by atoms with Crippen molar-refractivity contribution in [1.29, 1.82) is 0 Å². The fourth-order valence-corrected chi connectivity index (χ4v) is 1.64. The van der Waals surface area contributed by atoms with Gasteiger partial charge in [-0.15, -0.1) is 0 Å². The number of hydrogen-bond donors (Lipinski definition) is 1. The Morgan fingerprint density at radius 2 is 1.89 bits per heavy atom. The quantitative estimate of drug-likeness (QED) is 0.874. The normalized spacial score (nSPS) is 9.89. The van der Waals surface area contributed by atoms with Gasteiger partial charge in [-0.2, -0.15) is 0 Å². The Bertz CT molecular complexity index is 373. The van der Waals surface area contributed by atoms with Crippen LogP contribution in [0.2, 0.25) is 0 Å². The lowest BCUT2D eigenvalue weighted by Crippen LogP contribution is -2.12. The Hall–Kier alpha value is -1.35. The average molecular weight is 251 g/mol. The first-order valence-electron chi connectivity index (χ1n) is 6.44. The molecule has 1 aromatic carbocycles. The molecule has 102 valence electrons. The number of aryl methyl sites for hydroxylation is 2. The zero-order valence-electron chi connectivity index (χ0n) is 12.2. The summed E-state index contributed by atoms with van der Waals surface area (Å²) in [6.45, 7) is 6.98. The lowest BCUT2D eigenvalue weighted by Gasteiger charge is -2.13. The minimum atomic E-state index is -0.741. The highest BCUT2D eigenvalue weighted by Gasteiger charge is 2.04. The predicted octanol–water partition coefficient (Wildman–Crippen LogP) is 3.10. The molecule has 0 bridgehead atoms. The number of benzene rings is 1. The monoisotopic (exact) mass is 251 g/mol. The highest BCUT2D eigenvalue weighted by atomic mass is 16.4. The number of carbonyl (C=O) groups is 1. The average Bonchev–Trinajstić information content (AvgIpc) is 2.32. The Labute approximate surface area is 110 Å². The topological polar surface area (TPSA) is 40.5 Å². The number of aliphatic carboxylic acids is 1. The van der Waals surface area contributed by atoms with Crippen LogP contribution in [0, 0.1) is 6.92 Å². The van der Waals surface area contributed by atoms with Crippen molar-refractivity contribution in [1.82, 2.24) is 4.90 Å². The number of carboxylic acids is 1. The molecule has 0 atom stereocenters. The standard InChI is InChI=1S/C13H19NO2.C2H6/c1-10-4-5-11(6-7-13(15)16)8-12(10)9-14(2)3;1-2/h4-5,8H,6-7,9H2,1-3H3,(H,15,16);1-2H3. The molecule has 0 spiro atoms. The molecule has 0 heterocycles. The van der Waals surface area contributed by atoms with E-state index in [9.17, 15) is 4.79 Å². The van der Waals surface area contributed by atoms with Gasteiger partial charge in [0.15, 0.2) is 0 Å². The molecule has 1 aromatic rings. The first-order chi connectivity index (χ1) is 8.49. The molecule has 0 aliphatic rings. The van der Waals surface area contributed by atoms with Crippen LogP contribution in [0.15, 0.2) is 18.2 Å². The van der Waals surface area contributed by atoms with E-state index < -0.39 is 5.97 Å². The van der Waals surface area contributed by atoms with Gasteiger partial charge in [-0.25, -0.2) is 0 Å². The summed E-state index contributed by atoms with van der Waals surface area (Å²) in [6.07, 6.45) is 0.806. The van der Waals surface area contributed by atoms with E-state index in [-0.39, 0.29) is 6.42 Å². The van der Waals surface area contributed by atoms with Crippen molar-refractivity contribution in [3.63, 3.8) is 0 Å². The van der Waals surface area contributed by atoms with E-state index in [1.54, 1.807) is 0 Å². The minimum absolute atomic E-state index is 0.199. The van der Waals surface area contributed by atoms with E-state index in [1.165, 1.54) is 11.1 Å². The summed E-state index contributed by atoms with van der Waals surface area (Å²) in [4.78, 5) is 12.6. The van der Waals surface area contributed by atoms with Crippen LogP contribution in [0.4, 0.5) is 0 Å². The zero-order valence-corrected chi connectivity index (χ0v) is 12.2. The van der Waals surface area contributed by atoms with E-state index in [0.717, 1.165) is 12.1 Å². The maximum absolute atomic E-state index is 10.5. The summed E-state index contributed by atoms with van der Waals surface area (Å²) in [7, 11) is 4.06. The van der Waals surface area contributed by atoms with Gasteiger partial charge in [-0.05, 0) is 44.1 Å². The fraction of sp³-hybridized carbons (Fsp3) is 0.533. The van der Waals surface area contributed by atoms with Gasteiger partial charge in [0.05, 0.1) is 0 Å². The molecule has 3 heteroatoms. The highest BCUT2D eigenvalue weighted by Crippen LogP contribution is 2.14. The summed E-state index contributed by atoms with van der Waals surface area (Å²) in [6, 6.07) is 6.19. The van der Waals surface area contributed by atoms with Gasteiger partial charge in [-0.1, -0.05) is 32.0 Å². The van der Waals surface area contributed by atoms with Crippen molar-refractivity contribution < 1.29 is 9.90 Å². The van der Waals surface area contributed by atoms with Gasteiger partial charge in [-0.3, -0.25) is 4.79 Å². The molecular formula is C15H25NO2. The van der Waals surface area contributed by atoms with Crippen molar-refractivity contribution >= 4 is 5.97 Å². The van der Waals surface area contributed by atoms with Crippen LogP contribution in [0.1, 0.15) is 37.0 Å². The first kappa shape index (κ1) is 16.6. The Balaban J connectivity index is 0.00000137. The third-order valence-electron chi connectivity index (χ3n) is 2.53. The second-order valence-electron chi connectivity index (χ2n) is 4.39. The second kappa shape index (κ2) is 8.70. The van der Waals surface area contributed by atoms with Crippen LogP contribution in [0.25, 0.3) is 0 Å². The summed E-state index contributed by atoms with van der Waals surface area (Å²) >= 11 is 0. The van der Waals surface area contributed by atoms with Gasteiger partial charge in [0.25, 0.3) is 0 Å². The molecule has 1 N–H and O–H groups in total. The number of carboxylic acid groups (broad SMARTS) is 1. The van der Waals surface area contributed by atoms with E-state index >= 15 is 0 Å². The molecule has 0 aliphatic heterocycles. The number of hydrogen-bond acceptors (Lipinski definition) is 2. The lowest BCUT2D eigenvalue weighted by molar-refractivity contribution is -0.136. The maximum atomic E-state index is 10.5. The zero-order chi connectivity index (χ0) is 14.1. The second-order valence-corrected chi connectivity index (χ2v) is 4.39. The molecule has 0 saturated heterocycles. The van der Waals surface area contributed by atoms with Crippen LogP contribution in [-0.4, -0.2) is 30.1 Å². The van der Waals surface area contributed by atoms with Crippen LogP contribution >= 0.6 is 0 Å². The third-order valence-corrected chi connectivity index (χ3v) is 2.53.